The van der Waals surface area contributed by atoms with Gasteiger partial charge >= 0.3 is 6.18 Å². The van der Waals surface area contributed by atoms with Crippen molar-refractivity contribution in [2.45, 2.75) is 25.1 Å². The van der Waals surface area contributed by atoms with Gasteiger partial charge in [-0.25, -0.2) is 0 Å². The highest BCUT2D eigenvalue weighted by atomic mass is 35.5. The third kappa shape index (κ3) is 5.75. The van der Waals surface area contributed by atoms with Gasteiger partial charge in [0, 0.05) is 50.3 Å². The van der Waals surface area contributed by atoms with Gasteiger partial charge in [0.25, 0.3) is 0 Å². The van der Waals surface area contributed by atoms with Crippen LogP contribution < -0.4 is 10.1 Å². The Morgan fingerprint density at radius 1 is 1.30 bits per heavy atom. The zero-order valence-electron chi connectivity index (χ0n) is 12.9. The number of ether oxygens (including phenoxy) is 1. The van der Waals surface area contributed by atoms with Gasteiger partial charge in [-0.2, -0.15) is 13.2 Å². The van der Waals surface area contributed by atoms with Gasteiger partial charge in [-0.15, -0.1) is 12.4 Å². The van der Waals surface area contributed by atoms with Crippen molar-refractivity contribution in [2.75, 3.05) is 33.3 Å². The third-order valence-electron chi connectivity index (χ3n) is 3.89. The normalized spacial score (nSPS) is 17.4. The second-order valence-electron chi connectivity index (χ2n) is 5.38. The SMILES string of the molecule is COc1ccc([C@H](CCC(F)(F)F)N2CCNCC2)c(O)c1.Cl. The number of alkyl halides is 3. The lowest BCUT2D eigenvalue weighted by Crippen LogP contribution is -2.45. The molecule has 0 bridgehead atoms. The summed E-state index contributed by atoms with van der Waals surface area (Å²) >= 11 is 0. The number of rotatable bonds is 5. The number of hydrogen-bond acceptors (Lipinski definition) is 4. The van der Waals surface area contributed by atoms with Crippen LogP contribution in [0.3, 0.4) is 0 Å². The molecule has 4 nitrogen and oxygen atoms in total. The molecule has 0 unspecified atom stereocenters. The van der Waals surface area contributed by atoms with Crippen molar-refractivity contribution in [1.82, 2.24) is 10.2 Å². The highest BCUT2D eigenvalue weighted by molar-refractivity contribution is 5.85. The van der Waals surface area contributed by atoms with E-state index in [1.807, 2.05) is 4.90 Å². The maximum atomic E-state index is 12.6. The molecule has 0 aliphatic carbocycles. The van der Waals surface area contributed by atoms with E-state index < -0.39 is 18.6 Å². The monoisotopic (exact) mass is 354 g/mol. The summed E-state index contributed by atoms with van der Waals surface area (Å²) in [6.07, 6.45) is -5.13. The molecule has 0 radical (unpaired) electrons. The van der Waals surface area contributed by atoms with E-state index in [9.17, 15) is 18.3 Å². The smallest absolute Gasteiger partial charge is 0.389 e. The summed E-state index contributed by atoms with van der Waals surface area (Å²) in [5, 5.41) is 13.3. The van der Waals surface area contributed by atoms with Crippen LogP contribution in [0.15, 0.2) is 18.2 Å². The lowest BCUT2D eigenvalue weighted by Gasteiger charge is -2.35. The number of methoxy groups -OCH3 is 1. The Bertz CT molecular complexity index is 494. The molecule has 0 saturated carbocycles. The third-order valence-corrected chi connectivity index (χ3v) is 3.89. The zero-order valence-corrected chi connectivity index (χ0v) is 13.7. The van der Waals surface area contributed by atoms with E-state index in [-0.39, 0.29) is 24.6 Å². The second-order valence-corrected chi connectivity index (χ2v) is 5.38. The summed E-state index contributed by atoms with van der Waals surface area (Å²) in [5.41, 5.74) is 0.520. The van der Waals surface area contributed by atoms with Crippen LogP contribution in [0, 0.1) is 0 Å². The first-order chi connectivity index (χ1) is 10.4. The summed E-state index contributed by atoms with van der Waals surface area (Å²) in [5.74, 6) is 0.459. The molecule has 1 fully saturated rings. The Balaban J connectivity index is 0.00000264. The highest BCUT2D eigenvalue weighted by Gasteiger charge is 2.32. The van der Waals surface area contributed by atoms with Gasteiger partial charge in [0.2, 0.25) is 0 Å². The molecule has 1 atom stereocenters. The van der Waals surface area contributed by atoms with Crippen molar-refractivity contribution in [3.05, 3.63) is 23.8 Å². The molecule has 1 aromatic carbocycles. The Hall–Kier alpha value is -1.18. The summed E-state index contributed by atoms with van der Waals surface area (Å²) in [6.45, 7) is 2.79. The van der Waals surface area contributed by atoms with E-state index in [4.69, 9.17) is 4.74 Å². The van der Waals surface area contributed by atoms with Crippen molar-refractivity contribution >= 4 is 12.4 Å². The Morgan fingerprint density at radius 3 is 2.48 bits per heavy atom. The summed E-state index contributed by atoms with van der Waals surface area (Å²) in [4.78, 5) is 1.99. The Labute approximate surface area is 140 Å². The van der Waals surface area contributed by atoms with Crippen molar-refractivity contribution in [1.29, 1.82) is 0 Å². The number of benzene rings is 1. The molecule has 2 rings (SSSR count). The second kappa shape index (κ2) is 8.61. The fourth-order valence-electron chi connectivity index (χ4n) is 2.76. The van der Waals surface area contributed by atoms with Crippen LogP contribution in [0.2, 0.25) is 0 Å². The van der Waals surface area contributed by atoms with Gasteiger partial charge in [0.1, 0.15) is 11.5 Å². The molecule has 1 aliphatic rings. The van der Waals surface area contributed by atoms with Gasteiger partial charge in [-0.05, 0) is 12.5 Å². The van der Waals surface area contributed by atoms with Crippen LogP contribution in [0.25, 0.3) is 0 Å². The maximum absolute atomic E-state index is 12.6. The molecule has 8 heteroatoms. The molecule has 1 heterocycles. The van der Waals surface area contributed by atoms with Crippen molar-refractivity contribution in [3.63, 3.8) is 0 Å². The zero-order chi connectivity index (χ0) is 16.2. The Kier molecular flexibility index (Phi) is 7.44. The minimum absolute atomic E-state index is 0. The molecule has 0 spiro atoms. The lowest BCUT2D eigenvalue weighted by atomic mass is 9.98. The van der Waals surface area contributed by atoms with Gasteiger partial charge in [-0.3, -0.25) is 4.90 Å². The lowest BCUT2D eigenvalue weighted by molar-refractivity contribution is -0.138. The maximum Gasteiger partial charge on any atom is 0.389 e. The molecular weight excluding hydrogens is 333 g/mol. The number of piperazine rings is 1. The fourth-order valence-corrected chi connectivity index (χ4v) is 2.76. The summed E-state index contributed by atoms with van der Waals surface area (Å²) < 4.78 is 42.8. The van der Waals surface area contributed by atoms with Crippen LogP contribution >= 0.6 is 12.4 Å². The number of aromatic hydroxyl groups is 1. The van der Waals surface area contributed by atoms with Crippen LogP contribution in [0.4, 0.5) is 13.2 Å². The first-order valence-corrected chi connectivity index (χ1v) is 7.29. The quantitative estimate of drug-likeness (QED) is 0.853. The molecule has 23 heavy (non-hydrogen) atoms. The predicted molar refractivity (Wildman–Crippen MR) is 84.4 cm³/mol. The van der Waals surface area contributed by atoms with Crippen molar-refractivity contribution in [2.24, 2.45) is 0 Å². The standard InChI is InChI=1S/C15H21F3N2O2.ClH/c1-22-11-2-3-12(14(21)10-11)13(4-5-15(16,17)18)20-8-6-19-7-9-20;/h2-3,10,13,19,21H,4-9H2,1H3;1H/t13-;/m0./s1. The van der Waals surface area contributed by atoms with Gasteiger partial charge in [0.15, 0.2) is 0 Å². The van der Waals surface area contributed by atoms with E-state index in [0.29, 0.717) is 24.4 Å². The van der Waals surface area contributed by atoms with Gasteiger partial charge < -0.3 is 15.2 Å². The van der Waals surface area contributed by atoms with E-state index in [0.717, 1.165) is 13.1 Å². The average molecular weight is 355 g/mol. The van der Waals surface area contributed by atoms with Gasteiger partial charge in [0.05, 0.1) is 7.11 Å². The first-order valence-electron chi connectivity index (χ1n) is 7.29. The van der Waals surface area contributed by atoms with Crippen molar-refractivity contribution in [3.8, 4) is 11.5 Å². The predicted octanol–water partition coefficient (Wildman–Crippen LogP) is 3.11. The van der Waals surface area contributed by atoms with E-state index in [2.05, 4.69) is 5.32 Å². The number of halogens is 4. The van der Waals surface area contributed by atoms with Crippen molar-refractivity contribution < 1.29 is 23.0 Å². The number of nitrogens with one attached hydrogen (secondary N) is 1. The van der Waals surface area contributed by atoms with Gasteiger partial charge in [-0.1, -0.05) is 6.07 Å². The van der Waals surface area contributed by atoms with Crippen LogP contribution in [0.5, 0.6) is 11.5 Å². The molecule has 1 saturated heterocycles. The number of phenolic OH excluding ortho intramolecular Hbond substituents is 1. The summed E-state index contributed by atoms with van der Waals surface area (Å²) in [6, 6.07) is 4.31. The highest BCUT2D eigenvalue weighted by Crippen LogP contribution is 2.37. The molecule has 132 valence electrons. The largest absolute Gasteiger partial charge is 0.507 e. The first kappa shape index (κ1) is 19.9. The molecule has 0 aromatic heterocycles. The Morgan fingerprint density at radius 2 is 1.96 bits per heavy atom. The van der Waals surface area contributed by atoms with E-state index in [1.54, 1.807) is 12.1 Å². The topological polar surface area (TPSA) is 44.7 Å². The van der Waals surface area contributed by atoms with Crippen LogP contribution in [0.1, 0.15) is 24.4 Å². The molecule has 1 aliphatic heterocycles. The number of hydrogen-bond donors (Lipinski definition) is 2. The average Bonchev–Trinajstić information content (AvgIpc) is 2.48. The molecule has 1 aromatic rings. The van der Waals surface area contributed by atoms with E-state index in [1.165, 1.54) is 13.2 Å². The summed E-state index contributed by atoms with van der Waals surface area (Å²) in [7, 11) is 1.48. The number of nitrogens with zero attached hydrogens (tertiary/aromatic N) is 1. The van der Waals surface area contributed by atoms with Crippen LogP contribution in [-0.2, 0) is 0 Å². The molecule has 0 amide bonds. The van der Waals surface area contributed by atoms with Crippen LogP contribution in [-0.4, -0.2) is 49.5 Å². The molecular formula is C15H22ClF3N2O2. The fraction of sp³-hybridized carbons (Fsp3) is 0.600. The van der Waals surface area contributed by atoms with E-state index >= 15 is 0 Å². The minimum Gasteiger partial charge on any atom is -0.507 e. The number of phenols is 1. The minimum atomic E-state index is -4.20. The molecule has 2 N–H and O–H groups in total.